The number of carbonyl (C=O) groups is 2. The smallest absolute Gasteiger partial charge is 0.329 e. The number of amides is 2. The highest BCUT2D eigenvalue weighted by Gasteiger charge is 2.12. The Morgan fingerprint density at radius 2 is 1.76 bits per heavy atom. The topological polar surface area (TPSA) is 132 Å². The van der Waals surface area contributed by atoms with Gasteiger partial charge in [-0.15, -0.1) is 0 Å². The Bertz CT molecular complexity index is 911. The Labute approximate surface area is 166 Å². The van der Waals surface area contributed by atoms with Gasteiger partial charge in [-0.25, -0.2) is 5.43 Å². The number of carbonyl (C=O) groups excluding carboxylic acids is 2. The summed E-state index contributed by atoms with van der Waals surface area (Å²) >= 11 is 0. The Morgan fingerprint density at radius 1 is 1.07 bits per heavy atom. The summed E-state index contributed by atoms with van der Waals surface area (Å²) in [5.74, 6) is -0.568. The van der Waals surface area contributed by atoms with Gasteiger partial charge in [-0.1, -0.05) is 6.07 Å². The van der Waals surface area contributed by atoms with Crippen molar-refractivity contribution in [3.05, 3.63) is 63.7 Å². The third-order valence-electron chi connectivity index (χ3n) is 3.84. The van der Waals surface area contributed by atoms with Crippen LogP contribution >= 0.6 is 0 Å². The molecule has 29 heavy (non-hydrogen) atoms. The minimum absolute atomic E-state index is 0.0555. The van der Waals surface area contributed by atoms with Crippen LogP contribution in [0.25, 0.3) is 0 Å². The molecule has 0 aliphatic heterocycles. The van der Waals surface area contributed by atoms with Gasteiger partial charge in [0.15, 0.2) is 11.5 Å². The van der Waals surface area contributed by atoms with E-state index < -0.39 is 16.7 Å². The summed E-state index contributed by atoms with van der Waals surface area (Å²) < 4.78 is 10.4. The average molecular weight is 400 g/mol. The minimum atomic E-state index is -0.921. The van der Waals surface area contributed by atoms with E-state index in [9.17, 15) is 19.7 Å². The summed E-state index contributed by atoms with van der Waals surface area (Å²) in [6.07, 6.45) is 1.77. The first-order chi connectivity index (χ1) is 13.9. The van der Waals surface area contributed by atoms with Crippen molar-refractivity contribution in [2.45, 2.75) is 6.42 Å². The van der Waals surface area contributed by atoms with E-state index in [4.69, 9.17) is 9.47 Å². The molecule has 2 aromatic rings. The van der Waals surface area contributed by atoms with Crippen molar-refractivity contribution in [2.75, 3.05) is 20.8 Å². The Hall–Kier alpha value is -3.95. The first kappa shape index (κ1) is 21.4. The van der Waals surface area contributed by atoms with E-state index in [1.54, 1.807) is 19.2 Å². The zero-order valence-corrected chi connectivity index (χ0v) is 15.9. The number of nitrogens with zero attached hydrogens (tertiary/aromatic N) is 2. The molecule has 0 aliphatic rings. The maximum absolute atomic E-state index is 11.8. The molecular formula is C19H20N4O6. The molecule has 0 aliphatic carbocycles. The van der Waals surface area contributed by atoms with Crippen molar-refractivity contribution in [3.8, 4) is 11.5 Å². The highest BCUT2D eigenvalue weighted by Crippen LogP contribution is 2.27. The molecule has 0 unspecified atom stereocenters. The predicted molar refractivity (Wildman–Crippen MR) is 105 cm³/mol. The van der Waals surface area contributed by atoms with E-state index in [1.165, 1.54) is 37.6 Å². The van der Waals surface area contributed by atoms with Crippen LogP contribution in [0.1, 0.15) is 11.1 Å². The van der Waals surface area contributed by atoms with Crippen LogP contribution in [0, 0.1) is 10.1 Å². The standard InChI is InChI=1S/C19H20N4O6/c1-28-16-8-5-13(11-17(16)29-2)9-10-20-18(24)19(25)22-21-12-14-3-6-15(7-4-14)23(26)27/h3-8,11-12H,9-10H2,1-2H3,(H,20,24)(H,22,25)/b21-12-. The van der Waals surface area contributed by atoms with Crippen LogP contribution in [0.15, 0.2) is 47.6 Å². The van der Waals surface area contributed by atoms with Gasteiger partial charge in [-0.05, 0) is 41.8 Å². The largest absolute Gasteiger partial charge is 0.493 e. The zero-order chi connectivity index (χ0) is 21.2. The second-order valence-electron chi connectivity index (χ2n) is 5.74. The molecular weight excluding hydrogens is 380 g/mol. The molecule has 2 amide bonds. The number of rotatable bonds is 8. The average Bonchev–Trinajstić information content (AvgIpc) is 2.73. The number of hydrogen-bond donors (Lipinski definition) is 2. The monoisotopic (exact) mass is 400 g/mol. The van der Waals surface area contributed by atoms with Gasteiger partial charge in [0, 0.05) is 18.7 Å². The van der Waals surface area contributed by atoms with Gasteiger partial charge in [0.1, 0.15) is 0 Å². The lowest BCUT2D eigenvalue weighted by atomic mass is 10.1. The third-order valence-corrected chi connectivity index (χ3v) is 3.84. The van der Waals surface area contributed by atoms with Gasteiger partial charge < -0.3 is 14.8 Å². The summed E-state index contributed by atoms with van der Waals surface area (Å²) in [5.41, 5.74) is 3.48. The number of methoxy groups -OCH3 is 2. The number of nitro benzene ring substituents is 1. The van der Waals surface area contributed by atoms with Crippen molar-refractivity contribution in [1.29, 1.82) is 0 Å². The minimum Gasteiger partial charge on any atom is -0.493 e. The van der Waals surface area contributed by atoms with E-state index in [1.807, 2.05) is 6.07 Å². The lowest BCUT2D eigenvalue weighted by Gasteiger charge is -2.09. The molecule has 0 spiro atoms. The van der Waals surface area contributed by atoms with Crippen LogP contribution in [0.5, 0.6) is 11.5 Å². The van der Waals surface area contributed by atoms with Gasteiger partial charge in [0.2, 0.25) is 0 Å². The van der Waals surface area contributed by atoms with Crippen LogP contribution < -0.4 is 20.2 Å². The van der Waals surface area contributed by atoms with E-state index in [2.05, 4.69) is 15.8 Å². The first-order valence-corrected chi connectivity index (χ1v) is 8.51. The molecule has 0 fully saturated rings. The van der Waals surface area contributed by atoms with Crippen molar-refractivity contribution in [2.24, 2.45) is 5.10 Å². The van der Waals surface area contributed by atoms with Gasteiger partial charge in [-0.3, -0.25) is 19.7 Å². The SMILES string of the molecule is COc1ccc(CCNC(=O)C(=O)N/N=C\c2ccc([N+](=O)[O-])cc2)cc1OC. The van der Waals surface area contributed by atoms with Gasteiger partial charge in [0.05, 0.1) is 25.4 Å². The van der Waals surface area contributed by atoms with Crippen molar-refractivity contribution >= 4 is 23.7 Å². The zero-order valence-electron chi connectivity index (χ0n) is 15.9. The van der Waals surface area contributed by atoms with Crippen molar-refractivity contribution < 1.29 is 24.0 Å². The number of nitrogens with one attached hydrogen (secondary N) is 2. The molecule has 0 aromatic heterocycles. The Balaban J connectivity index is 1.79. The summed E-state index contributed by atoms with van der Waals surface area (Å²) in [5, 5.41) is 16.7. The Morgan fingerprint density at radius 3 is 2.38 bits per heavy atom. The van der Waals surface area contributed by atoms with Crippen LogP contribution in [0.3, 0.4) is 0 Å². The second-order valence-corrected chi connectivity index (χ2v) is 5.74. The lowest BCUT2D eigenvalue weighted by Crippen LogP contribution is -2.38. The molecule has 0 bridgehead atoms. The number of hydrazone groups is 1. The third kappa shape index (κ3) is 6.31. The summed E-state index contributed by atoms with van der Waals surface area (Å²) in [6.45, 7) is 0.244. The number of non-ortho nitro benzene ring substituents is 1. The fraction of sp³-hybridized carbons (Fsp3) is 0.211. The van der Waals surface area contributed by atoms with Crippen LogP contribution in [0.2, 0.25) is 0 Å². The molecule has 0 saturated heterocycles. The predicted octanol–water partition coefficient (Wildman–Crippen LogP) is 1.42. The number of nitro groups is 1. The van der Waals surface area contributed by atoms with Crippen molar-refractivity contribution in [1.82, 2.24) is 10.7 Å². The summed E-state index contributed by atoms with van der Waals surface area (Å²) in [4.78, 5) is 33.6. The number of ether oxygens (including phenoxy) is 2. The van der Waals surface area contributed by atoms with Crippen LogP contribution in [-0.2, 0) is 16.0 Å². The molecule has 2 N–H and O–H groups in total. The molecule has 152 valence electrons. The van der Waals surface area contributed by atoms with E-state index in [0.29, 0.717) is 23.5 Å². The van der Waals surface area contributed by atoms with Gasteiger partial charge in [0.25, 0.3) is 5.69 Å². The highest BCUT2D eigenvalue weighted by atomic mass is 16.6. The van der Waals surface area contributed by atoms with Crippen LogP contribution in [-0.4, -0.2) is 43.7 Å². The molecule has 0 atom stereocenters. The fourth-order valence-corrected chi connectivity index (χ4v) is 2.34. The van der Waals surface area contributed by atoms with Crippen LogP contribution in [0.4, 0.5) is 5.69 Å². The fourth-order valence-electron chi connectivity index (χ4n) is 2.34. The summed E-state index contributed by atoms with van der Waals surface area (Å²) in [7, 11) is 3.07. The lowest BCUT2D eigenvalue weighted by molar-refractivity contribution is -0.384. The van der Waals surface area contributed by atoms with Gasteiger partial charge >= 0.3 is 11.8 Å². The molecule has 0 radical (unpaired) electrons. The molecule has 10 nitrogen and oxygen atoms in total. The van der Waals surface area contributed by atoms with Crippen molar-refractivity contribution in [3.63, 3.8) is 0 Å². The quantitative estimate of drug-likeness (QED) is 0.298. The molecule has 0 heterocycles. The molecule has 10 heteroatoms. The van der Waals surface area contributed by atoms with E-state index >= 15 is 0 Å². The van der Waals surface area contributed by atoms with E-state index in [0.717, 1.165) is 5.56 Å². The van der Waals surface area contributed by atoms with Gasteiger partial charge in [-0.2, -0.15) is 5.10 Å². The molecule has 0 saturated carbocycles. The Kier molecular flexibility index (Phi) is 7.66. The summed E-state index contributed by atoms with van der Waals surface area (Å²) in [6, 6.07) is 10.9. The molecule has 2 aromatic carbocycles. The molecule has 2 rings (SSSR count). The maximum atomic E-state index is 11.8. The number of hydrogen-bond acceptors (Lipinski definition) is 7. The highest BCUT2D eigenvalue weighted by molar-refractivity contribution is 6.35. The van der Waals surface area contributed by atoms with E-state index in [-0.39, 0.29) is 12.2 Å². The number of benzene rings is 2. The second kappa shape index (κ2) is 10.4. The first-order valence-electron chi connectivity index (χ1n) is 8.51. The maximum Gasteiger partial charge on any atom is 0.329 e. The normalized spacial score (nSPS) is 10.4.